The van der Waals surface area contributed by atoms with Crippen LogP contribution in [0.3, 0.4) is 0 Å². The molecular formula is C13H22N2O3S. The van der Waals surface area contributed by atoms with Crippen LogP contribution in [0.2, 0.25) is 0 Å². The molecule has 0 amide bonds. The lowest BCUT2D eigenvalue weighted by molar-refractivity contribution is 0.402. The van der Waals surface area contributed by atoms with Crippen LogP contribution in [0.25, 0.3) is 0 Å². The summed E-state index contributed by atoms with van der Waals surface area (Å²) in [6, 6.07) is 4.94. The zero-order chi connectivity index (χ0) is 14.3. The van der Waals surface area contributed by atoms with Crippen LogP contribution >= 0.6 is 0 Å². The van der Waals surface area contributed by atoms with Gasteiger partial charge >= 0.3 is 0 Å². The Kier molecular flexibility index (Phi) is 6.27. The van der Waals surface area contributed by atoms with E-state index in [1.807, 2.05) is 0 Å². The summed E-state index contributed by atoms with van der Waals surface area (Å²) in [4.78, 5) is 0.148. The van der Waals surface area contributed by atoms with Gasteiger partial charge in [0, 0.05) is 13.1 Å². The van der Waals surface area contributed by atoms with Gasteiger partial charge in [-0.3, -0.25) is 0 Å². The molecule has 0 aliphatic rings. The molecule has 0 unspecified atom stereocenters. The monoisotopic (exact) mass is 286 g/mol. The van der Waals surface area contributed by atoms with Crippen LogP contribution in [-0.2, 0) is 16.6 Å². The number of unbranched alkanes of at least 4 members (excludes halogenated alkanes) is 2. The predicted octanol–water partition coefficient (Wildman–Crippen LogP) is 1.62. The van der Waals surface area contributed by atoms with Gasteiger partial charge in [-0.2, -0.15) is 0 Å². The van der Waals surface area contributed by atoms with E-state index in [-0.39, 0.29) is 4.90 Å². The molecule has 6 heteroatoms. The molecule has 0 fully saturated rings. The Morgan fingerprint density at radius 2 is 2.05 bits per heavy atom. The highest BCUT2D eigenvalue weighted by Gasteiger charge is 2.19. The third-order valence-electron chi connectivity index (χ3n) is 2.83. The number of ether oxygens (including phenoxy) is 1. The van der Waals surface area contributed by atoms with Gasteiger partial charge in [0.2, 0.25) is 10.0 Å². The van der Waals surface area contributed by atoms with Crippen molar-refractivity contribution in [1.29, 1.82) is 0 Å². The standard InChI is InChI=1S/C13H22N2O3S/c1-3-4-5-8-15-19(16,17)13-9-11(10-14)6-7-12(13)18-2/h6-7,9,15H,3-5,8,10,14H2,1-2H3. The van der Waals surface area contributed by atoms with Gasteiger partial charge in [-0.25, -0.2) is 13.1 Å². The second-order valence-electron chi connectivity index (χ2n) is 4.29. The van der Waals surface area contributed by atoms with E-state index in [0.717, 1.165) is 24.8 Å². The smallest absolute Gasteiger partial charge is 0.244 e. The molecule has 0 aliphatic heterocycles. The van der Waals surface area contributed by atoms with Crippen molar-refractivity contribution in [3.63, 3.8) is 0 Å². The molecule has 5 nitrogen and oxygen atoms in total. The number of sulfonamides is 1. The molecule has 0 heterocycles. The van der Waals surface area contributed by atoms with Gasteiger partial charge in [0.1, 0.15) is 10.6 Å². The van der Waals surface area contributed by atoms with Crippen molar-refractivity contribution in [1.82, 2.24) is 4.72 Å². The molecule has 19 heavy (non-hydrogen) atoms. The lowest BCUT2D eigenvalue weighted by atomic mass is 10.2. The topological polar surface area (TPSA) is 81.4 Å². The third kappa shape index (κ3) is 4.49. The maximum Gasteiger partial charge on any atom is 0.244 e. The molecule has 108 valence electrons. The number of hydrogen-bond donors (Lipinski definition) is 2. The Bertz CT molecular complexity index is 501. The molecule has 0 bridgehead atoms. The van der Waals surface area contributed by atoms with Gasteiger partial charge in [-0.05, 0) is 24.1 Å². The minimum absolute atomic E-state index is 0.148. The summed E-state index contributed by atoms with van der Waals surface area (Å²) in [5, 5.41) is 0. The molecule has 1 rings (SSSR count). The van der Waals surface area contributed by atoms with Gasteiger partial charge in [-0.15, -0.1) is 0 Å². The van der Waals surface area contributed by atoms with Crippen molar-refractivity contribution in [2.75, 3.05) is 13.7 Å². The van der Waals surface area contributed by atoms with E-state index in [1.54, 1.807) is 18.2 Å². The van der Waals surface area contributed by atoms with Crippen LogP contribution in [0.5, 0.6) is 5.75 Å². The maximum absolute atomic E-state index is 12.2. The fraction of sp³-hybridized carbons (Fsp3) is 0.538. The fourth-order valence-electron chi connectivity index (χ4n) is 1.72. The highest BCUT2D eigenvalue weighted by atomic mass is 32.2. The molecule has 0 spiro atoms. The first kappa shape index (κ1) is 15.9. The van der Waals surface area contributed by atoms with E-state index in [4.69, 9.17) is 10.5 Å². The van der Waals surface area contributed by atoms with Crippen LogP contribution in [0.4, 0.5) is 0 Å². The SMILES string of the molecule is CCCCCNS(=O)(=O)c1cc(CN)ccc1OC. The molecule has 0 saturated heterocycles. The predicted molar refractivity (Wildman–Crippen MR) is 75.6 cm³/mol. The van der Waals surface area contributed by atoms with Crippen LogP contribution in [0.15, 0.2) is 23.1 Å². The second kappa shape index (κ2) is 7.47. The average molecular weight is 286 g/mol. The zero-order valence-corrected chi connectivity index (χ0v) is 12.3. The normalized spacial score (nSPS) is 11.5. The van der Waals surface area contributed by atoms with Crippen LogP contribution in [-0.4, -0.2) is 22.1 Å². The van der Waals surface area contributed by atoms with Crippen LogP contribution < -0.4 is 15.2 Å². The molecule has 0 atom stereocenters. The molecule has 3 N–H and O–H groups in total. The minimum Gasteiger partial charge on any atom is -0.495 e. The van der Waals surface area contributed by atoms with E-state index < -0.39 is 10.0 Å². The van der Waals surface area contributed by atoms with Gasteiger partial charge in [-0.1, -0.05) is 25.8 Å². The Morgan fingerprint density at radius 1 is 1.32 bits per heavy atom. The molecule has 1 aromatic rings. The van der Waals surface area contributed by atoms with Gasteiger partial charge in [0.05, 0.1) is 7.11 Å². The number of rotatable bonds is 8. The Hall–Kier alpha value is -1.11. The average Bonchev–Trinajstić information content (AvgIpc) is 2.43. The number of methoxy groups -OCH3 is 1. The summed E-state index contributed by atoms with van der Waals surface area (Å²) < 4.78 is 32.1. The van der Waals surface area contributed by atoms with Crippen LogP contribution in [0, 0.1) is 0 Å². The number of nitrogens with two attached hydrogens (primary N) is 1. The van der Waals surface area contributed by atoms with Crippen molar-refractivity contribution in [3.05, 3.63) is 23.8 Å². The number of benzene rings is 1. The van der Waals surface area contributed by atoms with E-state index in [1.165, 1.54) is 7.11 Å². The van der Waals surface area contributed by atoms with E-state index in [2.05, 4.69) is 11.6 Å². The lowest BCUT2D eigenvalue weighted by Gasteiger charge is -2.12. The molecule has 0 aromatic heterocycles. The molecule has 0 radical (unpaired) electrons. The third-order valence-corrected chi connectivity index (χ3v) is 4.31. The quantitative estimate of drug-likeness (QED) is 0.712. The minimum atomic E-state index is -3.55. The summed E-state index contributed by atoms with van der Waals surface area (Å²) >= 11 is 0. The van der Waals surface area contributed by atoms with Crippen molar-refractivity contribution >= 4 is 10.0 Å². The summed E-state index contributed by atoms with van der Waals surface area (Å²) in [5.74, 6) is 0.334. The maximum atomic E-state index is 12.2. The van der Waals surface area contributed by atoms with Gasteiger partial charge < -0.3 is 10.5 Å². The van der Waals surface area contributed by atoms with Gasteiger partial charge in [0.25, 0.3) is 0 Å². The molecular weight excluding hydrogens is 264 g/mol. The second-order valence-corrected chi connectivity index (χ2v) is 6.03. The lowest BCUT2D eigenvalue weighted by Crippen LogP contribution is -2.25. The first-order valence-corrected chi connectivity index (χ1v) is 7.90. The summed E-state index contributed by atoms with van der Waals surface area (Å²) in [5.41, 5.74) is 6.30. The van der Waals surface area contributed by atoms with E-state index in [9.17, 15) is 8.42 Å². The fourth-order valence-corrected chi connectivity index (χ4v) is 3.01. The number of nitrogens with one attached hydrogen (secondary N) is 1. The van der Waals surface area contributed by atoms with Crippen molar-refractivity contribution in [2.24, 2.45) is 5.73 Å². The zero-order valence-electron chi connectivity index (χ0n) is 11.5. The Labute approximate surface area is 115 Å². The summed E-state index contributed by atoms with van der Waals surface area (Å²) in [7, 11) is -2.09. The summed E-state index contributed by atoms with van der Waals surface area (Å²) in [6.45, 7) is 2.80. The summed E-state index contributed by atoms with van der Waals surface area (Å²) in [6.07, 6.45) is 2.88. The van der Waals surface area contributed by atoms with Crippen molar-refractivity contribution in [2.45, 2.75) is 37.6 Å². The molecule has 0 aliphatic carbocycles. The van der Waals surface area contributed by atoms with E-state index >= 15 is 0 Å². The first-order valence-electron chi connectivity index (χ1n) is 6.41. The van der Waals surface area contributed by atoms with Crippen molar-refractivity contribution < 1.29 is 13.2 Å². The molecule has 1 aromatic carbocycles. The number of hydrogen-bond acceptors (Lipinski definition) is 4. The Balaban J connectivity index is 2.92. The Morgan fingerprint density at radius 3 is 2.63 bits per heavy atom. The van der Waals surface area contributed by atoms with Crippen LogP contribution in [0.1, 0.15) is 31.7 Å². The largest absolute Gasteiger partial charge is 0.495 e. The molecule has 0 saturated carbocycles. The first-order chi connectivity index (χ1) is 9.05. The van der Waals surface area contributed by atoms with E-state index in [0.29, 0.717) is 18.8 Å². The van der Waals surface area contributed by atoms with Gasteiger partial charge in [0.15, 0.2) is 0 Å². The highest BCUT2D eigenvalue weighted by molar-refractivity contribution is 7.89. The highest BCUT2D eigenvalue weighted by Crippen LogP contribution is 2.24. The van der Waals surface area contributed by atoms with Crippen molar-refractivity contribution in [3.8, 4) is 5.75 Å².